The normalized spacial score (nSPS) is 13.3. The standard InChI is InChI=1S/C10H12BrNO4S/c1-7(8-3-2-4-9(11)5-8)12-17(15,16)6-10(13)14/h2-5,7,12H,6H2,1H3,(H,13,14). The van der Waals surface area contributed by atoms with Crippen molar-refractivity contribution in [1.29, 1.82) is 0 Å². The van der Waals surface area contributed by atoms with E-state index in [9.17, 15) is 13.2 Å². The van der Waals surface area contributed by atoms with Crippen molar-refractivity contribution in [3.63, 3.8) is 0 Å². The highest BCUT2D eigenvalue weighted by Gasteiger charge is 2.19. The van der Waals surface area contributed by atoms with Gasteiger partial charge in [-0.2, -0.15) is 0 Å². The second-order valence-electron chi connectivity index (χ2n) is 3.55. The number of carbonyl (C=O) groups is 1. The van der Waals surface area contributed by atoms with E-state index in [0.29, 0.717) is 0 Å². The molecule has 0 spiro atoms. The van der Waals surface area contributed by atoms with Crippen LogP contribution in [0.5, 0.6) is 0 Å². The number of carboxylic acid groups (broad SMARTS) is 1. The Morgan fingerprint density at radius 2 is 2.18 bits per heavy atom. The molecule has 7 heteroatoms. The van der Waals surface area contributed by atoms with Gasteiger partial charge >= 0.3 is 5.97 Å². The molecule has 0 fully saturated rings. The lowest BCUT2D eigenvalue weighted by Gasteiger charge is -2.13. The summed E-state index contributed by atoms with van der Waals surface area (Å²) < 4.78 is 25.9. The van der Waals surface area contributed by atoms with Crippen LogP contribution in [-0.4, -0.2) is 25.2 Å². The van der Waals surface area contributed by atoms with Crippen molar-refractivity contribution in [2.75, 3.05) is 5.75 Å². The maximum absolute atomic E-state index is 11.4. The Labute approximate surface area is 108 Å². The molecule has 0 bridgehead atoms. The van der Waals surface area contributed by atoms with Crippen LogP contribution in [0.1, 0.15) is 18.5 Å². The molecule has 17 heavy (non-hydrogen) atoms. The first kappa shape index (κ1) is 14.1. The minimum atomic E-state index is -3.81. The summed E-state index contributed by atoms with van der Waals surface area (Å²) in [6.07, 6.45) is 0. The molecule has 2 N–H and O–H groups in total. The van der Waals surface area contributed by atoms with Crippen LogP contribution in [-0.2, 0) is 14.8 Å². The summed E-state index contributed by atoms with van der Waals surface area (Å²) in [5.41, 5.74) is 0.758. The molecule has 1 aromatic carbocycles. The summed E-state index contributed by atoms with van der Waals surface area (Å²) in [5, 5.41) is 8.45. The van der Waals surface area contributed by atoms with Crippen LogP contribution in [0.2, 0.25) is 0 Å². The summed E-state index contributed by atoms with van der Waals surface area (Å²) in [5.74, 6) is -2.30. The van der Waals surface area contributed by atoms with E-state index in [4.69, 9.17) is 5.11 Å². The molecule has 0 aliphatic rings. The third kappa shape index (κ3) is 4.84. The Balaban J connectivity index is 2.79. The molecule has 0 aliphatic heterocycles. The third-order valence-electron chi connectivity index (χ3n) is 2.02. The van der Waals surface area contributed by atoms with Gasteiger partial charge in [0.1, 0.15) is 0 Å². The highest BCUT2D eigenvalue weighted by molar-refractivity contribution is 9.10. The molecule has 0 aliphatic carbocycles. The Kier molecular flexibility index (Phi) is 4.67. The van der Waals surface area contributed by atoms with Crippen LogP contribution < -0.4 is 4.72 Å². The molecule has 0 amide bonds. The summed E-state index contributed by atoms with van der Waals surface area (Å²) in [6, 6.07) is 6.66. The first-order valence-corrected chi connectivity index (χ1v) is 7.22. The average Bonchev–Trinajstić information content (AvgIpc) is 2.14. The molecule has 5 nitrogen and oxygen atoms in total. The van der Waals surface area contributed by atoms with Crippen molar-refractivity contribution in [3.8, 4) is 0 Å². The van der Waals surface area contributed by atoms with Crippen LogP contribution >= 0.6 is 15.9 Å². The van der Waals surface area contributed by atoms with E-state index in [0.717, 1.165) is 10.0 Å². The fourth-order valence-corrected chi connectivity index (χ4v) is 2.82. The van der Waals surface area contributed by atoms with Gasteiger partial charge in [-0.05, 0) is 24.6 Å². The number of hydrogen-bond acceptors (Lipinski definition) is 3. The number of rotatable bonds is 5. The fourth-order valence-electron chi connectivity index (χ4n) is 1.32. The van der Waals surface area contributed by atoms with Crippen molar-refractivity contribution in [2.24, 2.45) is 0 Å². The van der Waals surface area contributed by atoms with E-state index in [1.54, 1.807) is 25.1 Å². The summed E-state index contributed by atoms with van der Waals surface area (Å²) in [4.78, 5) is 10.4. The Hall–Kier alpha value is -0.920. The molecule has 1 unspecified atom stereocenters. The summed E-state index contributed by atoms with van der Waals surface area (Å²) >= 11 is 3.28. The SMILES string of the molecule is CC(NS(=O)(=O)CC(=O)O)c1cccc(Br)c1. The fraction of sp³-hybridized carbons (Fsp3) is 0.300. The molecular weight excluding hydrogens is 310 g/mol. The topological polar surface area (TPSA) is 83.5 Å². The van der Waals surface area contributed by atoms with Gasteiger partial charge in [0.15, 0.2) is 5.75 Å². The number of sulfonamides is 1. The predicted molar refractivity (Wildman–Crippen MR) is 67.1 cm³/mol. The van der Waals surface area contributed by atoms with Crippen LogP contribution in [0.15, 0.2) is 28.7 Å². The van der Waals surface area contributed by atoms with E-state index in [2.05, 4.69) is 20.7 Å². The zero-order valence-electron chi connectivity index (χ0n) is 9.05. The lowest BCUT2D eigenvalue weighted by molar-refractivity contribution is -0.134. The van der Waals surface area contributed by atoms with Crippen molar-refractivity contribution < 1.29 is 18.3 Å². The van der Waals surface area contributed by atoms with Gasteiger partial charge in [0.2, 0.25) is 10.0 Å². The number of halogens is 1. The molecular formula is C10H12BrNO4S. The van der Waals surface area contributed by atoms with E-state index >= 15 is 0 Å². The number of aliphatic carboxylic acids is 1. The van der Waals surface area contributed by atoms with Crippen LogP contribution in [0.3, 0.4) is 0 Å². The highest BCUT2D eigenvalue weighted by Crippen LogP contribution is 2.18. The van der Waals surface area contributed by atoms with Gasteiger partial charge in [0, 0.05) is 10.5 Å². The zero-order chi connectivity index (χ0) is 13.1. The molecule has 1 aromatic rings. The Morgan fingerprint density at radius 1 is 1.53 bits per heavy atom. The molecule has 0 aromatic heterocycles. The van der Waals surface area contributed by atoms with E-state index in [1.807, 2.05) is 6.07 Å². The van der Waals surface area contributed by atoms with Gasteiger partial charge < -0.3 is 5.11 Å². The van der Waals surface area contributed by atoms with Gasteiger partial charge in [-0.25, -0.2) is 13.1 Å². The molecule has 0 saturated carbocycles. The van der Waals surface area contributed by atoms with E-state index < -0.39 is 27.8 Å². The summed E-state index contributed by atoms with van der Waals surface area (Å²) in [6.45, 7) is 1.65. The van der Waals surface area contributed by atoms with Crippen molar-refractivity contribution in [2.45, 2.75) is 13.0 Å². The van der Waals surface area contributed by atoms with Crippen LogP contribution in [0.25, 0.3) is 0 Å². The third-order valence-corrected chi connectivity index (χ3v) is 3.85. The second kappa shape index (κ2) is 5.61. The number of hydrogen-bond donors (Lipinski definition) is 2. The second-order valence-corrected chi connectivity index (χ2v) is 6.22. The largest absolute Gasteiger partial charge is 0.480 e. The molecule has 94 valence electrons. The van der Waals surface area contributed by atoms with Crippen LogP contribution in [0.4, 0.5) is 0 Å². The van der Waals surface area contributed by atoms with Crippen LogP contribution in [0, 0.1) is 0 Å². The average molecular weight is 322 g/mol. The maximum Gasteiger partial charge on any atom is 0.320 e. The lowest BCUT2D eigenvalue weighted by atomic mass is 10.1. The van der Waals surface area contributed by atoms with Gasteiger partial charge in [0.25, 0.3) is 0 Å². The molecule has 1 atom stereocenters. The Bertz CT molecular complexity index is 515. The smallest absolute Gasteiger partial charge is 0.320 e. The molecule has 0 heterocycles. The first-order valence-electron chi connectivity index (χ1n) is 4.77. The van der Waals surface area contributed by atoms with Crippen molar-refractivity contribution >= 4 is 31.9 Å². The highest BCUT2D eigenvalue weighted by atomic mass is 79.9. The minimum absolute atomic E-state index is 0.475. The monoisotopic (exact) mass is 321 g/mol. The number of benzene rings is 1. The van der Waals surface area contributed by atoms with Gasteiger partial charge in [0.05, 0.1) is 0 Å². The lowest BCUT2D eigenvalue weighted by Crippen LogP contribution is -2.32. The molecule has 0 saturated heterocycles. The van der Waals surface area contributed by atoms with Gasteiger partial charge in [-0.15, -0.1) is 0 Å². The predicted octanol–water partition coefficient (Wildman–Crippen LogP) is 1.51. The van der Waals surface area contributed by atoms with E-state index in [1.165, 1.54) is 0 Å². The Morgan fingerprint density at radius 3 is 2.71 bits per heavy atom. The zero-order valence-corrected chi connectivity index (χ0v) is 11.5. The number of carboxylic acids is 1. The summed E-state index contributed by atoms with van der Waals surface area (Å²) in [7, 11) is -3.81. The minimum Gasteiger partial charge on any atom is -0.480 e. The van der Waals surface area contributed by atoms with Crippen molar-refractivity contribution in [3.05, 3.63) is 34.3 Å². The first-order chi connectivity index (χ1) is 7.80. The van der Waals surface area contributed by atoms with E-state index in [-0.39, 0.29) is 0 Å². The maximum atomic E-state index is 11.4. The quantitative estimate of drug-likeness (QED) is 0.861. The van der Waals surface area contributed by atoms with Gasteiger partial charge in [-0.3, -0.25) is 4.79 Å². The van der Waals surface area contributed by atoms with Crippen molar-refractivity contribution in [1.82, 2.24) is 4.72 Å². The number of nitrogens with one attached hydrogen (secondary N) is 1. The molecule has 1 rings (SSSR count). The molecule has 0 radical (unpaired) electrons. The van der Waals surface area contributed by atoms with Gasteiger partial charge in [-0.1, -0.05) is 28.1 Å².